The van der Waals surface area contributed by atoms with Crippen LogP contribution in [0.15, 0.2) is 57.8 Å². The summed E-state index contributed by atoms with van der Waals surface area (Å²) < 4.78 is 16.7. The molecule has 26 heavy (non-hydrogen) atoms. The van der Waals surface area contributed by atoms with Gasteiger partial charge in [-0.15, -0.1) is 0 Å². The van der Waals surface area contributed by atoms with E-state index in [2.05, 4.69) is 5.32 Å². The van der Waals surface area contributed by atoms with Gasteiger partial charge >= 0.3 is 0 Å². The molecular formula is C19H18N2O5. The molecule has 3 aliphatic heterocycles. The van der Waals surface area contributed by atoms with E-state index in [4.69, 9.17) is 13.6 Å². The zero-order chi connectivity index (χ0) is 17.7. The maximum absolute atomic E-state index is 13.0. The topological polar surface area (TPSA) is 84.9 Å². The Kier molecular flexibility index (Phi) is 3.33. The predicted octanol–water partition coefficient (Wildman–Crippen LogP) is 1.47. The van der Waals surface area contributed by atoms with Gasteiger partial charge in [-0.25, -0.2) is 0 Å². The van der Waals surface area contributed by atoms with Gasteiger partial charge in [-0.3, -0.25) is 9.59 Å². The second-order valence-electron chi connectivity index (χ2n) is 6.97. The molecule has 7 heteroatoms. The summed E-state index contributed by atoms with van der Waals surface area (Å²) in [5, 5.41) is 2.87. The first kappa shape index (κ1) is 15.5. The van der Waals surface area contributed by atoms with Crippen LogP contribution in [0.2, 0.25) is 0 Å². The van der Waals surface area contributed by atoms with Crippen LogP contribution >= 0.6 is 0 Å². The molecule has 3 aliphatic rings. The fourth-order valence-electron chi connectivity index (χ4n) is 4.31. The van der Waals surface area contributed by atoms with Crippen LogP contribution in [-0.4, -0.2) is 35.0 Å². The SMILES string of the molecule is O=C(NCc1ccco1)[C@H]1[C@H]2C(=O)N(Cc3ccco3)C[C@@]23C=C[C@H]1O3. The molecule has 5 heterocycles. The average molecular weight is 354 g/mol. The monoisotopic (exact) mass is 354 g/mol. The van der Waals surface area contributed by atoms with Crippen LogP contribution in [0.25, 0.3) is 0 Å². The van der Waals surface area contributed by atoms with E-state index in [9.17, 15) is 9.59 Å². The van der Waals surface area contributed by atoms with Gasteiger partial charge in [-0.05, 0) is 24.3 Å². The van der Waals surface area contributed by atoms with E-state index in [1.54, 1.807) is 35.6 Å². The number of hydrogen-bond acceptors (Lipinski definition) is 5. The van der Waals surface area contributed by atoms with Crippen molar-refractivity contribution in [3.05, 3.63) is 60.5 Å². The molecule has 2 amide bonds. The fourth-order valence-corrected chi connectivity index (χ4v) is 4.31. The zero-order valence-corrected chi connectivity index (χ0v) is 14.0. The van der Waals surface area contributed by atoms with E-state index in [0.29, 0.717) is 31.2 Å². The Morgan fingerprint density at radius 3 is 2.73 bits per heavy atom. The molecule has 0 unspecified atom stereocenters. The van der Waals surface area contributed by atoms with Gasteiger partial charge < -0.3 is 23.8 Å². The van der Waals surface area contributed by atoms with Gasteiger partial charge in [0.25, 0.3) is 0 Å². The van der Waals surface area contributed by atoms with Gasteiger partial charge in [-0.2, -0.15) is 0 Å². The minimum absolute atomic E-state index is 0.0635. The van der Waals surface area contributed by atoms with Crippen LogP contribution in [0.1, 0.15) is 11.5 Å². The van der Waals surface area contributed by atoms with Crippen molar-refractivity contribution in [2.45, 2.75) is 24.8 Å². The molecule has 2 saturated heterocycles. The van der Waals surface area contributed by atoms with Crippen LogP contribution < -0.4 is 5.32 Å². The Morgan fingerprint density at radius 1 is 1.23 bits per heavy atom. The van der Waals surface area contributed by atoms with Crippen molar-refractivity contribution in [1.82, 2.24) is 10.2 Å². The third kappa shape index (κ3) is 2.24. The molecule has 0 aliphatic carbocycles. The second-order valence-corrected chi connectivity index (χ2v) is 6.97. The Hall–Kier alpha value is -2.80. The Morgan fingerprint density at radius 2 is 2.00 bits per heavy atom. The number of furan rings is 2. The summed E-state index contributed by atoms with van der Waals surface area (Å²) in [5.74, 6) is 0.118. The van der Waals surface area contributed by atoms with Crippen molar-refractivity contribution in [2.75, 3.05) is 6.54 Å². The van der Waals surface area contributed by atoms with Crippen LogP contribution in [0.4, 0.5) is 0 Å². The molecule has 1 spiro atoms. The summed E-state index contributed by atoms with van der Waals surface area (Å²) in [6, 6.07) is 7.19. The number of nitrogens with one attached hydrogen (secondary N) is 1. The van der Waals surface area contributed by atoms with Gasteiger partial charge in [-0.1, -0.05) is 12.2 Å². The van der Waals surface area contributed by atoms with Crippen molar-refractivity contribution >= 4 is 11.8 Å². The first-order valence-corrected chi connectivity index (χ1v) is 8.65. The first-order chi connectivity index (χ1) is 12.7. The number of ether oxygens (including phenoxy) is 1. The van der Waals surface area contributed by atoms with Gasteiger partial charge in [0.05, 0.1) is 50.1 Å². The van der Waals surface area contributed by atoms with Crippen LogP contribution in [0.3, 0.4) is 0 Å². The number of rotatable bonds is 5. The lowest BCUT2D eigenvalue weighted by Gasteiger charge is -2.23. The lowest BCUT2D eigenvalue weighted by molar-refractivity contribution is -0.138. The number of hydrogen-bond donors (Lipinski definition) is 1. The summed E-state index contributed by atoms with van der Waals surface area (Å²) in [4.78, 5) is 27.5. The first-order valence-electron chi connectivity index (χ1n) is 8.65. The molecular weight excluding hydrogens is 336 g/mol. The summed E-state index contributed by atoms with van der Waals surface area (Å²) in [6.45, 7) is 1.11. The third-order valence-corrected chi connectivity index (χ3v) is 5.43. The summed E-state index contributed by atoms with van der Waals surface area (Å²) in [7, 11) is 0. The van der Waals surface area contributed by atoms with E-state index in [1.165, 1.54) is 0 Å². The Bertz CT molecular complexity index is 857. The highest BCUT2D eigenvalue weighted by Crippen LogP contribution is 2.52. The average Bonchev–Trinajstić information content (AvgIpc) is 3.43. The quantitative estimate of drug-likeness (QED) is 0.822. The van der Waals surface area contributed by atoms with Crippen molar-refractivity contribution < 1.29 is 23.2 Å². The number of fused-ring (bicyclic) bond motifs is 1. The molecule has 0 radical (unpaired) electrons. The highest BCUT2D eigenvalue weighted by molar-refractivity contribution is 5.92. The van der Waals surface area contributed by atoms with Crippen molar-refractivity contribution in [2.24, 2.45) is 11.8 Å². The molecule has 2 fully saturated rings. The molecule has 4 atom stereocenters. The molecule has 0 saturated carbocycles. The summed E-state index contributed by atoms with van der Waals surface area (Å²) >= 11 is 0. The second kappa shape index (κ2) is 5.60. The van der Waals surface area contributed by atoms with Gasteiger partial charge in [0.15, 0.2) is 0 Å². The molecule has 2 bridgehead atoms. The van der Waals surface area contributed by atoms with Gasteiger partial charge in [0, 0.05) is 0 Å². The van der Waals surface area contributed by atoms with Crippen molar-refractivity contribution in [3.63, 3.8) is 0 Å². The molecule has 2 aromatic heterocycles. The maximum atomic E-state index is 13.0. The van der Waals surface area contributed by atoms with E-state index >= 15 is 0 Å². The summed E-state index contributed by atoms with van der Waals surface area (Å²) in [6.07, 6.45) is 6.64. The highest BCUT2D eigenvalue weighted by atomic mass is 16.5. The normalized spacial score (nSPS) is 31.6. The smallest absolute Gasteiger partial charge is 0.230 e. The maximum Gasteiger partial charge on any atom is 0.230 e. The third-order valence-electron chi connectivity index (χ3n) is 5.43. The van der Waals surface area contributed by atoms with E-state index in [0.717, 1.165) is 0 Å². The number of carbonyl (C=O) groups is 2. The summed E-state index contributed by atoms with van der Waals surface area (Å²) in [5.41, 5.74) is -0.707. The van der Waals surface area contributed by atoms with Gasteiger partial charge in [0.2, 0.25) is 11.8 Å². The molecule has 2 aromatic rings. The van der Waals surface area contributed by atoms with Crippen LogP contribution in [0, 0.1) is 11.8 Å². The fraction of sp³-hybridized carbons (Fsp3) is 0.368. The van der Waals surface area contributed by atoms with Gasteiger partial charge in [0.1, 0.15) is 17.1 Å². The molecule has 5 rings (SSSR count). The minimum Gasteiger partial charge on any atom is -0.467 e. The number of amides is 2. The Balaban J connectivity index is 1.35. The number of carbonyl (C=O) groups excluding carboxylic acids is 2. The van der Waals surface area contributed by atoms with Crippen molar-refractivity contribution in [3.8, 4) is 0 Å². The Labute approximate surface area is 149 Å². The molecule has 0 aromatic carbocycles. The predicted molar refractivity (Wildman–Crippen MR) is 88.4 cm³/mol. The molecule has 1 N–H and O–H groups in total. The highest BCUT2D eigenvalue weighted by Gasteiger charge is 2.66. The largest absolute Gasteiger partial charge is 0.467 e. The van der Waals surface area contributed by atoms with Crippen LogP contribution in [-0.2, 0) is 27.4 Å². The van der Waals surface area contributed by atoms with E-state index < -0.39 is 17.4 Å². The lowest BCUT2D eigenvalue weighted by atomic mass is 9.77. The standard InChI is InChI=1S/C19H18N2O5/c22-17(20-9-12-3-1-7-24-12)15-14-5-6-19(26-14)11-21(18(23)16(15)19)10-13-4-2-8-25-13/h1-8,14-16H,9-11H2,(H,20,22)/t14-,15-,16+,19+/m1/s1. The zero-order valence-electron chi connectivity index (χ0n) is 14.0. The number of likely N-dealkylation sites (tertiary alicyclic amines) is 1. The van der Waals surface area contributed by atoms with E-state index in [-0.39, 0.29) is 17.9 Å². The minimum atomic E-state index is -0.707. The molecule has 7 nitrogen and oxygen atoms in total. The molecule has 134 valence electrons. The lowest BCUT2D eigenvalue weighted by Crippen LogP contribution is -2.43. The van der Waals surface area contributed by atoms with E-state index in [1.807, 2.05) is 18.2 Å². The number of nitrogens with zero attached hydrogens (tertiary/aromatic N) is 1. The van der Waals surface area contributed by atoms with Crippen LogP contribution in [0.5, 0.6) is 0 Å². The van der Waals surface area contributed by atoms with Crippen molar-refractivity contribution in [1.29, 1.82) is 0 Å².